The zero-order valence-corrected chi connectivity index (χ0v) is 14.8. The SMILES string of the molecule is Cc1ccc(S(=O)(=O)F)cc1NC(=O)/C=C/c1ccc([N+](=O)[O-])cc1Cl. The Morgan fingerprint density at radius 3 is 2.54 bits per heavy atom. The minimum Gasteiger partial charge on any atom is -0.322 e. The highest BCUT2D eigenvalue weighted by Gasteiger charge is 2.14. The van der Waals surface area contributed by atoms with Crippen molar-refractivity contribution < 1.29 is 22.0 Å². The molecule has 0 heterocycles. The Hall–Kier alpha value is -2.78. The van der Waals surface area contributed by atoms with Crippen molar-refractivity contribution >= 4 is 45.2 Å². The molecule has 1 amide bonds. The fourth-order valence-electron chi connectivity index (χ4n) is 1.99. The van der Waals surface area contributed by atoms with E-state index < -0.39 is 25.9 Å². The zero-order valence-electron chi connectivity index (χ0n) is 13.3. The van der Waals surface area contributed by atoms with Crippen LogP contribution < -0.4 is 5.32 Å². The molecule has 1 N–H and O–H groups in total. The van der Waals surface area contributed by atoms with Crippen LogP contribution in [0.15, 0.2) is 47.4 Å². The zero-order chi connectivity index (χ0) is 19.5. The van der Waals surface area contributed by atoms with Crippen LogP contribution in [-0.2, 0) is 15.0 Å². The van der Waals surface area contributed by atoms with Gasteiger partial charge in [-0.15, -0.1) is 3.89 Å². The number of amides is 1. The third-order valence-corrected chi connectivity index (χ3v) is 4.50. The number of aryl methyl sites for hydroxylation is 1. The van der Waals surface area contributed by atoms with Crippen LogP contribution >= 0.6 is 11.6 Å². The predicted molar refractivity (Wildman–Crippen MR) is 95.2 cm³/mol. The fourth-order valence-corrected chi connectivity index (χ4v) is 2.72. The molecule has 0 spiro atoms. The van der Waals surface area contributed by atoms with E-state index in [1.54, 1.807) is 6.92 Å². The summed E-state index contributed by atoms with van der Waals surface area (Å²) in [4.78, 5) is 21.5. The molecule has 0 fully saturated rings. The predicted octanol–water partition coefficient (Wildman–Crippen LogP) is 3.87. The Morgan fingerprint density at radius 1 is 1.27 bits per heavy atom. The van der Waals surface area contributed by atoms with Gasteiger partial charge < -0.3 is 5.32 Å². The van der Waals surface area contributed by atoms with Crippen LogP contribution in [0, 0.1) is 17.0 Å². The molecular formula is C16H12ClFN2O5S. The molecule has 0 aliphatic heterocycles. The molecule has 0 atom stereocenters. The first-order valence-corrected chi connectivity index (χ1v) is 8.82. The molecule has 26 heavy (non-hydrogen) atoms. The molecule has 0 bridgehead atoms. The Balaban J connectivity index is 2.19. The highest BCUT2D eigenvalue weighted by atomic mass is 35.5. The lowest BCUT2D eigenvalue weighted by Gasteiger charge is -2.07. The smallest absolute Gasteiger partial charge is 0.322 e. The number of carbonyl (C=O) groups is 1. The molecule has 2 rings (SSSR count). The molecular weight excluding hydrogens is 387 g/mol. The molecule has 0 aliphatic rings. The van der Waals surface area contributed by atoms with Gasteiger partial charge in [-0.05, 0) is 42.3 Å². The number of nitro benzene ring substituents is 1. The number of nitrogens with one attached hydrogen (secondary N) is 1. The largest absolute Gasteiger partial charge is 0.332 e. The van der Waals surface area contributed by atoms with E-state index in [0.29, 0.717) is 11.1 Å². The van der Waals surface area contributed by atoms with Crippen molar-refractivity contribution in [1.29, 1.82) is 0 Å². The fraction of sp³-hybridized carbons (Fsp3) is 0.0625. The summed E-state index contributed by atoms with van der Waals surface area (Å²) in [6.45, 7) is 1.61. The van der Waals surface area contributed by atoms with Crippen molar-refractivity contribution in [2.45, 2.75) is 11.8 Å². The second kappa shape index (κ2) is 7.63. The molecule has 0 aromatic heterocycles. The van der Waals surface area contributed by atoms with Gasteiger partial charge in [0.1, 0.15) is 4.90 Å². The van der Waals surface area contributed by atoms with Crippen LogP contribution in [0.4, 0.5) is 15.3 Å². The summed E-state index contributed by atoms with van der Waals surface area (Å²) >= 11 is 5.92. The van der Waals surface area contributed by atoms with Crippen molar-refractivity contribution in [1.82, 2.24) is 0 Å². The highest BCUT2D eigenvalue weighted by Crippen LogP contribution is 2.24. The number of hydrogen-bond donors (Lipinski definition) is 1. The van der Waals surface area contributed by atoms with Crippen LogP contribution in [-0.4, -0.2) is 19.2 Å². The van der Waals surface area contributed by atoms with Crippen LogP contribution in [0.25, 0.3) is 6.08 Å². The summed E-state index contributed by atoms with van der Waals surface area (Å²) < 4.78 is 35.0. The third kappa shape index (κ3) is 4.87. The maximum atomic E-state index is 13.1. The van der Waals surface area contributed by atoms with Gasteiger partial charge in [-0.25, -0.2) is 0 Å². The van der Waals surface area contributed by atoms with Gasteiger partial charge in [-0.2, -0.15) is 8.42 Å². The molecule has 2 aromatic rings. The topological polar surface area (TPSA) is 106 Å². The summed E-state index contributed by atoms with van der Waals surface area (Å²) in [5, 5.41) is 13.2. The third-order valence-electron chi connectivity index (χ3n) is 3.36. The average Bonchev–Trinajstić information content (AvgIpc) is 2.54. The van der Waals surface area contributed by atoms with E-state index >= 15 is 0 Å². The molecule has 0 radical (unpaired) electrons. The number of rotatable bonds is 5. The standard InChI is InChI=1S/C16H12ClFN2O5S/c1-10-2-6-13(26(18,24)25)9-15(10)19-16(21)7-4-11-3-5-12(20(22)23)8-14(11)17/h2-9H,1H3,(H,19,21)/b7-4+. The van der Waals surface area contributed by atoms with E-state index in [1.165, 1.54) is 24.3 Å². The Morgan fingerprint density at radius 2 is 1.96 bits per heavy atom. The normalized spacial score (nSPS) is 11.5. The molecule has 7 nitrogen and oxygen atoms in total. The molecule has 136 valence electrons. The van der Waals surface area contributed by atoms with Gasteiger partial charge in [0.25, 0.3) is 5.69 Å². The highest BCUT2D eigenvalue weighted by molar-refractivity contribution is 7.86. The van der Waals surface area contributed by atoms with Crippen LogP contribution in [0.3, 0.4) is 0 Å². The van der Waals surface area contributed by atoms with Gasteiger partial charge in [0, 0.05) is 23.9 Å². The van der Waals surface area contributed by atoms with E-state index in [9.17, 15) is 27.2 Å². The number of hydrogen-bond acceptors (Lipinski definition) is 5. The number of halogens is 2. The second-order valence-electron chi connectivity index (χ2n) is 5.20. The lowest BCUT2D eigenvalue weighted by Crippen LogP contribution is -2.09. The number of carbonyl (C=O) groups excluding carboxylic acids is 1. The number of benzene rings is 2. The quantitative estimate of drug-likeness (QED) is 0.356. The first-order valence-electron chi connectivity index (χ1n) is 7.06. The second-order valence-corrected chi connectivity index (χ2v) is 6.95. The maximum Gasteiger partial charge on any atom is 0.332 e. The summed E-state index contributed by atoms with van der Waals surface area (Å²) in [6.07, 6.45) is 2.45. The van der Waals surface area contributed by atoms with E-state index in [4.69, 9.17) is 11.6 Å². The van der Waals surface area contributed by atoms with Crippen molar-refractivity contribution in [3.8, 4) is 0 Å². The Bertz CT molecular complexity index is 1020. The van der Waals surface area contributed by atoms with Gasteiger partial charge >= 0.3 is 10.2 Å². The molecule has 0 aliphatic carbocycles. The lowest BCUT2D eigenvalue weighted by molar-refractivity contribution is -0.384. The van der Waals surface area contributed by atoms with Gasteiger partial charge in [0.05, 0.1) is 9.95 Å². The molecule has 0 unspecified atom stereocenters. The number of nitro groups is 1. The minimum atomic E-state index is -4.89. The summed E-state index contributed by atoms with van der Waals surface area (Å²) in [6, 6.07) is 7.23. The Kier molecular flexibility index (Phi) is 5.73. The summed E-state index contributed by atoms with van der Waals surface area (Å²) in [7, 11) is -4.89. The van der Waals surface area contributed by atoms with E-state index in [-0.39, 0.29) is 16.4 Å². The maximum absolute atomic E-state index is 13.1. The monoisotopic (exact) mass is 398 g/mol. The van der Waals surface area contributed by atoms with Gasteiger partial charge in [0.2, 0.25) is 5.91 Å². The van der Waals surface area contributed by atoms with E-state index in [0.717, 1.165) is 24.3 Å². The molecule has 10 heteroatoms. The van der Waals surface area contributed by atoms with Crippen molar-refractivity contribution in [3.05, 3.63) is 68.7 Å². The average molecular weight is 399 g/mol. The van der Waals surface area contributed by atoms with E-state index in [2.05, 4.69) is 5.32 Å². The van der Waals surface area contributed by atoms with E-state index in [1.807, 2.05) is 0 Å². The van der Waals surface area contributed by atoms with Crippen molar-refractivity contribution in [2.24, 2.45) is 0 Å². The number of non-ortho nitro benzene ring substituents is 1. The van der Waals surface area contributed by atoms with Crippen LogP contribution in [0.2, 0.25) is 5.02 Å². The minimum absolute atomic E-state index is 0.0879. The molecule has 0 saturated heterocycles. The number of anilines is 1. The van der Waals surface area contributed by atoms with Gasteiger partial charge in [0.15, 0.2) is 0 Å². The first kappa shape index (κ1) is 19.5. The lowest BCUT2D eigenvalue weighted by atomic mass is 10.2. The van der Waals surface area contributed by atoms with Crippen LogP contribution in [0.5, 0.6) is 0 Å². The van der Waals surface area contributed by atoms with Gasteiger partial charge in [-0.3, -0.25) is 14.9 Å². The Labute approximate surface area is 153 Å². The first-order chi connectivity index (χ1) is 12.1. The summed E-state index contributed by atoms with van der Waals surface area (Å²) in [5.74, 6) is -0.615. The summed E-state index contributed by atoms with van der Waals surface area (Å²) in [5.41, 5.74) is 0.862. The number of nitrogens with zero attached hydrogens (tertiary/aromatic N) is 1. The van der Waals surface area contributed by atoms with Crippen molar-refractivity contribution in [2.75, 3.05) is 5.32 Å². The van der Waals surface area contributed by atoms with Crippen molar-refractivity contribution in [3.63, 3.8) is 0 Å². The molecule has 0 saturated carbocycles. The van der Waals surface area contributed by atoms with Gasteiger partial charge in [-0.1, -0.05) is 17.7 Å². The van der Waals surface area contributed by atoms with Crippen LogP contribution in [0.1, 0.15) is 11.1 Å². The molecule has 2 aromatic carbocycles.